The van der Waals surface area contributed by atoms with Gasteiger partial charge in [-0.15, -0.1) is 0 Å². The Morgan fingerprint density at radius 2 is 0.831 bits per heavy atom. The maximum Gasteiger partial charge on any atom is 0.249 e. The minimum atomic E-state index is -1.66. The number of hydrogen-bond donors (Lipinski definition) is 8. The van der Waals surface area contributed by atoms with Crippen molar-refractivity contribution >= 4 is 5.91 Å². The Kier molecular flexibility index (Phi) is 47.5. The van der Waals surface area contributed by atoms with Gasteiger partial charge in [0.2, 0.25) is 5.91 Å². The number of unbranched alkanes of at least 4 members (excludes halogenated alkanes) is 39. The Morgan fingerprint density at radius 3 is 1.21 bits per heavy atom. The van der Waals surface area contributed by atoms with Crippen LogP contribution in [0.5, 0.6) is 0 Å². The monoisotopic (exact) mass is 1010 g/mol. The molecule has 9 unspecified atom stereocenters. The molecule has 0 radical (unpaired) electrons. The van der Waals surface area contributed by atoms with E-state index in [9.17, 15) is 40.5 Å². The molecule has 11 heteroatoms. The summed E-state index contributed by atoms with van der Waals surface area (Å²) in [6.45, 7) is 3.47. The molecule has 0 saturated carbocycles. The number of ether oxygens (including phenoxy) is 2. The lowest BCUT2D eigenvalue weighted by atomic mass is 9.98. The number of carbonyl (C=O) groups is 1. The van der Waals surface area contributed by atoms with Crippen LogP contribution in [0, 0.1) is 0 Å². The first-order chi connectivity index (χ1) is 34.7. The molecular weight excluding hydrogens is 895 g/mol. The van der Waals surface area contributed by atoms with Crippen molar-refractivity contribution in [1.82, 2.24) is 5.32 Å². The molecule has 0 aromatic heterocycles. The van der Waals surface area contributed by atoms with E-state index in [1.54, 1.807) is 0 Å². The Balaban J connectivity index is 2.22. The molecular formula is C60H117NO10. The minimum absolute atomic E-state index is 0.260. The molecule has 1 amide bonds. The zero-order chi connectivity index (χ0) is 51.8. The average Bonchev–Trinajstić information content (AvgIpc) is 3.37. The molecule has 11 nitrogen and oxygen atoms in total. The highest BCUT2D eigenvalue weighted by Gasteiger charge is 2.44. The van der Waals surface area contributed by atoms with Crippen LogP contribution >= 0.6 is 0 Å². The lowest BCUT2D eigenvalue weighted by Crippen LogP contribution is -2.60. The van der Waals surface area contributed by atoms with Gasteiger partial charge in [0.25, 0.3) is 0 Å². The van der Waals surface area contributed by atoms with Crippen molar-refractivity contribution < 1.29 is 50.0 Å². The lowest BCUT2D eigenvalue weighted by molar-refractivity contribution is -0.303. The Bertz CT molecular complexity index is 1160. The summed E-state index contributed by atoms with van der Waals surface area (Å²) in [5, 5.41) is 76.1. The molecule has 0 aromatic rings. The van der Waals surface area contributed by atoms with Gasteiger partial charge in [-0.2, -0.15) is 0 Å². The highest BCUT2D eigenvalue weighted by molar-refractivity contribution is 5.80. The van der Waals surface area contributed by atoms with Crippen molar-refractivity contribution in [2.24, 2.45) is 0 Å². The molecule has 1 aliphatic heterocycles. The van der Waals surface area contributed by atoms with Crippen LogP contribution in [0.15, 0.2) is 12.2 Å². The molecule has 1 rings (SSSR count). The number of aliphatic hydroxyl groups excluding tert-OH is 7. The minimum Gasteiger partial charge on any atom is -0.394 e. The topological polar surface area (TPSA) is 189 Å². The fourth-order valence-corrected chi connectivity index (χ4v) is 10.1. The standard InChI is InChI=1S/C60H117NO10/c1-3-5-7-9-11-13-15-17-19-20-21-22-23-24-25-26-27-28-29-30-31-32-34-36-38-40-42-44-46-48-53(64)59(69)61-51(50-70-60-58(68)57(67)56(66)54(49-62)71-60)55(65)52(63)47-45-43-41-39-37-35-33-18-16-14-12-10-8-6-4-2/h39,41,51-58,60,62-68H,3-38,40,42-50H2,1-2H3,(H,61,69)/b41-39+. The van der Waals surface area contributed by atoms with E-state index in [1.807, 2.05) is 0 Å². The van der Waals surface area contributed by atoms with Crippen LogP contribution in [0.3, 0.4) is 0 Å². The number of rotatable bonds is 53. The third kappa shape index (κ3) is 38.1. The number of nitrogens with one attached hydrogen (secondary N) is 1. The number of hydrogen-bond acceptors (Lipinski definition) is 10. The normalized spacial score (nSPS) is 20.2. The Hall–Kier alpha value is -1.15. The summed E-state index contributed by atoms with van der Waals surface area (Å²) in [4.78, 5) is 13.2. The van der Waals surface area contributed by atoms with E-state index in [4.69, 9.17) is 9.47 Å². The van der Waals surface area contributed by atoms with Crippen LogP contribution in [0.4, 0.5) is 0 Å². The van der Waals surface area contributed by atoms with Crippen molar-refractivity contribution in [1.29, 1.82) is 0 Å². The molecule has 0 bridgehead atoms. The van der Waals surface area contributed by atoms with E-state index >= 15 is 0 Å². The van der Waals surface area contributed by atoms with Gasteiger partial charge in [0, 0.05) is 0 Å². The predicted octanol–water partition coefficient (Wildman–Crippen LogP) is 13.1. The van der Waals surface area contributed by atoms with Gasteiger partial charge >= 0.3 is 0 Å². The molecule has 1 aliphatic rings. The zero-order valence-electron chi connectivity index (χ0n) is 46.2. The van der Waals surface area contributed by atoms with Gasteiger partial charge in [-0.05, 0) is 38.5 Å². The third-order valence-corrected chi connectivity index (χ3v) is 15.1. The summed E-state index contributed by atoms with van der Waals surface area (Å²) in [6.07, 6.45) is 47.2. The number of carbonyl (C=O) groups excluding carboxylic acids is 1. The van der Waals surface area contributed by atoms with E-state index in [0.717, 1.165) is 38.5 Å². The van der Waals surface area contributed by atoms with Gasteiger partial charge < -0.3 is 50.5 Å². The van der Waals surface area contributed by atoms with E-state index in [2.05, 4.69) is 31.3 Å². The maximum atomic E-state index is 13.2. The zero-order valence-corrected chi connectivity index (χ0v) is 46.2. The van der Waals surface area contributed by atoms with Gasteiger partial charge in [0.05, 0.1) is 25.4 Å². The van der Waals surface area contributed by atoms with Crippen molar-refractivity contribution in [3.63, 3.8) is 0 Å². The second kappa shape index (κ2) is 49.7. The maximum absolute atomic E-state index is 13.2. The van der Waals surface area contributed by atoms with Gasteiger partial charge in [-0.25, -0.2) is 0 Å². The van der Waals surface area contributed by atoms with Gasteiger partial charge in [0.15, 0.2) is 6.29 Å². The first-order valence-corrected chi connectivity index (χ1v) is 30.6. The summed E-state index contributed by atoms with van der Waals surface area (Å²) in [6, 6.07) is -1.18. The second-order valence-corrected chi connectivity index (χ2v) is 21.8. The smallest absolute Gasteiger partial charge is 0.249 e. The highest BCUT2D eigenvalue weighted by Crippen LogP contribution is 2.24. The molecule has 1 heterocycles. The first kappa shape index (κ1) is 67.9. The SMILES string of the molecule is CCCCCCCCCCCC/C=C/CCCC(O)C(O)C(COC1OC(CO)C(O)C(O)C1O)NC(=O)C(O)CCCCCCCCCCCCCCCCCCCCCCCCCCCCCCC. The van der Waals surface area contributed by atoms with Crippen LogP contribution in [0.25, 0.3) is 0 Å². The molecule has 0 aliphatic carbocycles. The largest absolute Gasteiger partial charge is 0.394 e. The molecule has 71 heavy (non-hydrogen) atoms. The molecule has 0 aromatic carbocycles. The van der Waals surface area contributed by atoms with Crippen molar-refractivity contribution in [3.05, 3.63) is 12.2 Å². The number of allylic oxidation sites excluding steroid dienone is 2. The Labute approximate surface area is 436 Å². The third-order valence-electron chi connectivity index (χ3n) is 15.1. The van der Waals surface area contributed by atoms with Crippen molar-refractivity contribution in [3.8, 4) is 0 Å². The van der Waals surface area contributed by atoms with E-state index < -0.39 is 74.2 Å². The molecule has 0 spiro atoms. The molecule has 1 saturated heterocycles. The van der Waals surface area contributed by atoms with Crippen LogP contribution in [0.1, 0.15) is 296 Å². The fraction of sp³-hybridized carbons (Fsp3) is 0.950. The summed E-state index contributed by atoms with van der Waals surface area (Å²) in [7, 11) is 0. The summed E-state index contributed by atoms with van der Waals surface area (Å²) < 4.78 is 11.1. The van der Waals surface area contributed by atoms with E-state index in [1.165, 1.54) is 218 Å². The lowest BCUT2D eigenvalue weighted by Gasteiger charge is -2.40. The molecule has 8 N–H and O–H groups in total. The second-order valence-electron chi connectivity index (χ2n) is 21.8. The predicted molar refractivity (Wildman–Crippen MR) is 293 cm³/mol. The molecule has 422 valence electrons. The van der Waals surface area contributed by atoms with Crippen molar-refractivity contribution in [2.75, 3.05) is 13.2 Å². The summed E-state index contributed by atoms with van der Waals surface area (Å²) in [5.74, 6) is -0.700. The van der Waals surface area contributed by atoms with Gasteiger partial charge in [-0.3, -0.25) is 4.79 Å². The van der Waals surface area contributed by atoms with E-state index in [0.29, 0.717) is 12.8 Å². The highest BCUT2D eigenvalue weighted by atomic mass is 16.7. The van der Waals surface area contributed by atoms with Crippen LogP contribution in [0.2, 0.25) is 0 Å². The first-order valence-electron chi connectivity index (χ1n) is 30.6. The molecule has 9 atom stereocenters. The van der Waals surface area contributed by atoms with Crippen LogP contribution < -0.4 is 5.32 Å². The average molecular weight is 1010 g/mol. The van der Waals surface area contributed by atoms with Gasteiger partial charge in [-0.1, -0.05) is 270 Å². The number of aliphatic hydroxyl groups is 7. The van der Waals surface area contributed by atoms with E-state index in [-0.39, 0.29) is 12.8 Å². The molecule has 1 fully saturated rings. The summed E-state index contributed by atoms with van der Waals surface area (Å²) >= 11 is 0. The van der Waals surface area contributed by atoms with Crippen molar-refractivity contribution in [2.45, 2.75) is 351 Å². The number of amides is 1. The van der Waals surface area contributed by atoms with Crippen LogP contribution in [-0.2, 0) is 14.3 Å². The Morgan fingerprint density at radius 1 is 0.479 bits per heavy atom. The fourth-order valence-electron chi connectivity index (χ4n) is 10.1. The summed E-state index contributed by atoms with van der Waals surface area (Å²) in [5.41, 5.74) is 0. The van der Waals surface area contributed by atoms with Gasteiger partial charge in [0.1, 0.15) is 36.6 Å². The van der Waals surface area contributed by atoms with Crippen LogP contribution in [-0.4, -0.2) is 110 Å². The quantitative estimate of drug-likeness (QED) is 0.0215.